The van der Waals surface area contributed by atoms with Crippen LogP contribution in [-0.2, 0) is 0 Å². The number of nitrogens with one attached hydrogen (secondary N) is 1. The number of hydrogen-bond acceptors (Lipinski definition) is 2. The quantitative estimate of drug-likeness (QED) is 0.518. The molecule has 1 aromatic rings. The minimum atomic E-state index is 1.04. The summed E-state index contributed by atoms with van der Waals surface area (Å²) in [6.45, 7) is 0. The van der Waals surface area contributed by atoms with Crippen molar-refractivity contribution in [3.05, 3.63) is 30.2 Å². The van der Waals surface area contributed by atoms with Crippen LogP contribution in [0.2, 0.25) is 0 Å². The Labute approximate surface area is 53.2 Å². The average molecular weight is 117 g/mol. The maximum absolute atomic E-state index is 3.93. The number of anilines is 1. The third kappa shape index (κ3) is 0.574. The molecule has 1 N–H and O–H groups in total. The fourth-order valence-electron chi connectivity index (χ4n) is 0.827. The van der Waals surface area contributed by atoms with Crippen molar-refractivity contribution < 1.29 is 0 Å². The summed E-state index contributed by atoms with van der Waals surface area (Å²) >= 11 is 0. The zero-order chi connectivity index (χ0) is 6.10. The molecule has 2 rings (SSSR count). The lowest BCUT2D eigenvalue weighted by Crippen LogP contribution is -1.83. The molecule has 0 saturated carbocycles. The van der Waals surface area contributed by atoms with Gasteiger partial charge in [-0.1, -0.05) is 0 Å². The Morgan fingerprint density at radius 3 is 3.44 bits per heavy atom. The maximum Gasteiger partial charge on any atom is 0.216 e. The molecule has 0 saturated heterocycles. The van der Waals surface area contributed by atoms with E-state index >= 15 is 0 Å². The molecular weight excluding hydrogens is 112 g/mol. The lowest BCUT2D eigenvalue weighted by molar-refractivity contribution is 1.32. The molecule has 9 heavy (non-hydrogen) atoms. The highest BCUT2D eigenvalue weighted by molar-refractivity contribution is 5.71. The fourth-order valence-corrected chi connectivity index (χ4v) is 0.827. The minimum absolute atomic E-state index is 1.04. The third-order valence-electron chi connectivity index (χ3n) is 1.29. The van der Waals surface area contributed by atoms with Gasteiger partial charge in [0.25, 0.3) is 0 Å². The fraction of sp³-hybridized carbons (Fsp3) is 0. The SMILES string of the molecule is [C+]1=Cc2ccncc2N1. The summed E-state index contributed by atoms with van der Waals surface area (Å²) < 4.78 is 0. The molecule has 0 amide bonds. The number of nitrogens with zero attached hydrogens (tertiary/aromatic N) is 1. The van der Waals surface area contributed by atoms with Crippen molar-refractivity contribution in [2.75, 3.05) is 5.32 Å². The summed E-state index contributed by atoms with van der Waals surface area (Å²) in [5.41, 5.74) is 2.20. The maximum atomic E-state index is 3.93. The van der Waals surface area contributed by atoms with E-state index in [2.05, 4.69) is 16.5 Å². The normalized spacial score (nSPS) is 12.0. The molecule has 1 aliphatic heterocycles. The van der Waals surface area contributed by atoms with Gasteiger partial charge in [-0.15, -0.1) is 0 Å². The van der Waals surface area contributed by atoms with E-state index in [1.807, 2.05) is 12.1 Å². The van der Waals surface area contributed by atoms with Crippen molar-refractivity contribution in [2.24, 2.45) is 0 Å². The predicted octanol–water partition coefficient (Wildman–Crippen LogP) is 1.28. The van der Waals surface area contributed by atoms with Crippen molar-refractivity contribution >= 4 is 11.8 Å². The van der Waals surface area contributed by atoms with Crippen LogP contribution in [0.4, 0.5) is 5.69 Å². The first-order valence-corrected chi connectivity index (χ1v) is 2.75. The molecule has 2 heterocycles. The van der Waals surface area contributed by atoms with Crippen LogP contribution in [0.25, 0.3) is 6.08 Å². The van der Waals surface area contributed by atoms with Crippen LogP contribution >= 0.6 is 0 Å². The summed E-state index contributed by atoms with van der Waals surface area (Å²) in [6.07, 6.45) is 8.32. The van der Waals surface area contributed by atoms with E-state index in [0.29, 0.717) is 0 Å². The molecule has 0 unspecified atom stereocenters. The molecule has 0 aromatic carbocycles. The Balaban J connectivity index is 2.63. The van der Waals surface area contributed by atoms with E-state index in [9.17, 15) is 0 Å². The second-order valence-electron chi connectivity index (χ2n) is 1.88. The summed E-state index contributed by atoms with van der Waals surface area (Å²) in [5.74, 6) is 0. The first kappa shape index (κ1) is 4.48. The van der Waals surface area contributed by atoms with E-state index < -0.39 is 0 Å². The molecule has 0 bridgehead atoms. The number of rotatable bonds is 0. The summed E-state index contributed by atoms with van der Waals surface area (Å²) in [6, 6.07) is 1.95. The number of fused-ring (bicyclic) bond motifs is 1. The van der Waals surface area contributed by atoms with Crippen molar-refractivity contribution in [3.63, 3.8) is 0 Å². The van der Waals surface area contributed by atoms with Gasteiger partial charge in [0.15, 0.2) is 5.56 Å². The van der Waals surface area contributed by atoms with Gasteiger partial charge in [0, 0.05) is 12.3 Å². The molecule has 1 aromatic heterocycles. The Morgan fingerprint density at radius 1 is 1.56 bits per heavy atom. The third-order valence-corrected chi connectivity index (χ3v) is 1.29. The number of aromatic nitrogens is 1. The predicted molar refractivity (Wildman–Crippen MR) is 35.6 cm³/mol. The zero-order valence-corrected chi connectivity index (χ0v) is 4.76. The minimum Gasteiger partial charge on any atom is -0.245 e. The van der Waals surface area contributed by atoms with Crippen LogP contribution in [0.15, 0.2) is 18.5 Å². The van der Waals surface area contributed by atoms with Crippen molar-refractivity contribution in [1.82, 2.24) is 4.98 Å². The smallest absolute Gasteiger partial charge is 0.216 e. The second-order valence-corrected chi connectivity index (χ2v) is 1.88. The number of pyridine rings is 1. The zero-order valence-electron chi connectivity index (χ0n) is 4.76. The molecular formula is C7H5N2+. The van der Waals surface area contributed by atoms with Gasteiger partial charge in [0.05, 0.1) is 0 Å². The molecule has 42 valence electrons. The molecule has 0 aliphatic carbocycles. The highest BCUT2D eigenvalue weighted by Gasteiger charge is 2.13. The van der Waals surface area contributed by atoms with E-state index in [0.717, 1.165) is 11.3 Å². The van der Waals surface area contributed by atoms with Gasteiger partial charge in [-0.3, -0.25) is 0 Å². The van der Waals surface area contributed by atoms with Gasteiger partial charge in [-0.2, -0.15) is 5.32 Å². The highest BCUT2D eigenvalue weighted by atomic mass is 14.9. The summed E-state index contributed by atoms with van der Waals surface area (Å²) in [4.78, 5) is 3.93. The van der Waals surface area contributed by atoms with Crippen molar-refractivity contribution in [3.8, 4) is 0 Å². The lowest BCUT2D eigenvalue weighted by atomic mass is 10.2. The molecule has 0 spiro atoms. The molecule has 2 nitrogen and oxygen atoms in total. The first-order valence-electron chi connectivity index (χ1n) is 2.75. The van der Waals surface area contributed by atoms with Crippen molar-refractivity contribution in [1.29, 1.82) is 0 Å². The molecule has 0 radical (unpaired) electrons. The topological polar surface area (TPSA) is 24.9 Å². The largest absolute Gasteiger partial charge is 0.245 e. The molecule has 0 fully saturated rings. The van der Waals surface area contributed by atoms with Crippen LogP contribution < -0.4 is 5.32 Å². The van der Waals surface area contributed by atoms with E-state index in [-0.39, 0.29) is 0 Å². The van der Waals surface area contributed by atoms with Crippen molar-refractivity contribution in [2.45, 2.75) is 0 Å². The summed E-state index contributed by atoms with van der Waals surface area (Å²) in [7, 11) is 0. The van der Waals surface area contributed by atoms with Gasteiger partial charge < -0.3 is 0 Å². The summed E-state index contributed by atoms with van der Waals surface area (Å²) in [5, 5.41) is 2.93. The van der Waals surface area contributed by atoms with E-state index in [4.69, 9.17) is 0 Å². The van der Waals surface area contributed by atoms with Crippen LogP contribution in [0, 0.1) is 6.20 Å². The standard InChI is InChI=1S/C7H5N2/c1-3-8-5-7-6(1)2-4-9-7/h1-3,5,9H/q+1. The molecule has 2 heteroatoms. The lowest BCUT2D eigenvalue weighted by Gasteiger charge is -1.82. The Hall–Kier alpha value is -1.40. The average Bonchev–Trinajstić information content (AvgIpc) is 2.33. The van der Waals surface area contributed by atoms with Gasteiger partial charge in [0.1, 0.15) is 18.5 Å². The van der Waals surface area contributed by atoms with Gasteiger partial charge in [-0.25, -0.2) is 4.98 Å². The molecule has 1 aliphatic rings. The van der Waals surface area contributed by atoms with Crippen LogP contribution in [0.5, 0.6) is 0 Å². The Bertz CT molecular complexity index is 253. The van der Waals surface area contributed by atoms with Gasteiger partial charge in [-0.05, 0) is 0 Å². The number of hydrogen-bond donors (Lipinski definition) is 1. The molecule has 0 atom stereocenters. The highest BCUT2D eigenvalue weighted by Crippen LogP contribution is 2.18. The van der Waals surface area contributed by atoms with E-state index in [1.165, 1.54) is 0 Å². The van der Waals surface area contributed by atoms with Crippen LogP contribution in [0.3, 0.4) is 0 Å². The van der Waals surface area contributed by atoms with Gasteiger partial charge in [0.2, 0.25) is 5.69 Å². The van der Waals surface area contributed by atoms with Crippen LogP contribution in [0.1, 0.15) is 5.56 Å². The van der Waals surface area contributed by atoms with Gasteiger partial charge >= 0.3 is 0 Å². The monoisotopic (exact) mass is 117 g/mol. The van der Waals surface area contributed by atoms with Crippen LogP contribution in [-0.4, -0.2) is 4.98 Å². The first-order chi connectivity index (χ1) is 4.47. The Morgan fingerprint density at radius 2 is 2.56 bits per heavy atom. The van der Waals surface area contributed by atoms with E-state index in [1.54, 1.807) is 12.4 Å². The Kier molecular flexibility index (Phi) is 0.765. The second kappa shape index (κ2) is 1.54.